The van der Waals surface area contributed by atoms with E-state index in [0.717, 1.165) is 5.57 Å². The third kappa shape index (κ3) is 2.93. The van der Waals surface area contributed by atoms with Gasteiger partial charge in [0, 0.05) is 18.8 Å². The summed E-state index contributed by atoms with van der Waals surface area (Å²) >= 11 is 0. The van der Waals surface area contributed by atoms with E-state index in [0.29, 0.717) is 12.2 Å². The maximum atomic E-state index is 12.7. The Labute approximate surface area is 77.5 Å². The molecule has 13 heavy (non-hydrogen) atoms. The Hall–Kier alpha value is -1.25. The highest BCUT2D eigenvalue weighted by Crippen LogP contribution is 2.16. The molecule has 1 heterocycles. The van der Waals surface area contributed by atoms with Crippen LogP contribution in [-0.2, 0) is 0 Å². The predicted molar refractivity (Wildman–Crippen MR) is 50.9 cm³/mol. The Balaban J connectivity index is 2.80. The molecule has 0 amide bonds. The molecule has 70 valence electrons. The summed E-state index contributed by atoms with van der Waals surface area (Å²) in [5, 5.41) is 0. The third-order valence-electron chi connectivity index (χ3n) is 1.70. The highest BCUT2D eigenvalue weighted by molar-refractivity contribution is 5.59. The number of halogens is 1. The minimum Gasteiger partial charge on any atom is -0.247 e. The van der Waals surface area contributed by atoms with Crippen LogP contribution < -0.4 is 0 Å². The van der Waals surface area contributed by atoms with Crippen LogP contribution in [0.3, 0.4) is 0 Å². The van der Waals surface area contributed by atoms with Crippen molar-refractivity contribution in [2.45, 2.75) is 26.4 Å². The van der Waals surface area contributed by atoms with Gasteiger partial charge in [0.2, 0.25) is 0 Å². The molecule has 1 rings (SSSR count). The summed E-state index contributed by atoms with van der Waals surface area (Å²) in [7, 11) is 0. The monoisotopic (exact) mass is 180 g/mol. The lowest BCUT2D eigenvalue weighted by molar-refractivity contribution is 0.368. The van der Waals surface area contributed by atoms with Crippen molar-refractivity contribution in [3.63, 3.8) is 0 Å². The lowest BCUT2D eigenvalue weighted by Crippen LogP contribution is -1.99. The second-order valence-corrected chi connectivity index (χ2v) is 2.87. The zero-order valence-electron chi connectivity index (χ0n) is 7.87. The van der Waals surface area contributed by atoms with Gasteiger partial charge < -0.3 is 0 Å². The van der Waals surface area contributed by atoms with Crippen molar-refractivity contribution in [1.29, 1.82) is 0 Å². The summed E-state index contributed by atoms with van der Waals surface area (Å²) in [5.41, 5.74) is 0.857. The lowest BCUT2D eigenvalue weighted by atomic mass is 10.1. The third-order valence-corrected chi connectivity index (χ3v) is 1.70. The van der Waals surface area contributed by atoms with Crippen molar-refractivity contribution < 1.29 is 4.39 Å². The zero-order valence-corrected chi connectivity index (χ0v) is 7.87. The van der Waals surface area contributed by atoms with Gasteiger partial charge in [-0.05, 0) is 25.5 Å². The van der Waals surface area contributed by atoms with E-state index in [4.69, 9.17) is 0 Å². The molecule has 1 aromatic heterocycles. The molecule has 0 saturated carbocycles. The first-order chi connectivity index (χ1) is 6.24. The van der Waals surface area contributed by atoms with Crippen molar-refractivity contribution >= 4 is 5.57 Å². The number of nitrogens with zero attached hydrogens (tertiary/aromatic N) is 2. The van der Waals surface area contributed by atoms with Gasteiger partial charge in [-0.3, -0.25) is 0 Å². The van der Waals surface area contributed by atoms with Crippen LogP contribution in [-0.4, -0.2) is 16.1 Å². The summed E-state index contributed by atoms with van der Waals surface area (Å²) in [6.45, 7) is 3.40. The first-order valence-electron chi connectivity index (χ1n) is 4.30. The van der Waals surface area contributed by atoms with Crippen molar-refractivity contribution in [3.8, 4) is 0 Å². The maximum Gasteiger partial charge on any atom is 0.154 e. The van der Waals surface area contributed by atoms with E-state index in [2.05, 4.69) is 9.97 Å². The van der Waals surface area contributed by atoms with Crippen LogP contribution in [0.15, 0.2) is 24.5 Å². The molecule has 1 unspecified atom stereocenters. The average molecular weight is 180 g/mol. The molecule has 3 heteroatoms. The molecular weight excluding hydrogens is 167 g/mol. The quantitative estimate of drug-likeness (QED) is 0.714. The minimum absolute atomic E-state index is 0.376. The van der Waals surface area contributed by atoms with Crippen LogP contribution in [0.25, 0.3) is 5.57 Å². The fraction of sp³-hybridized carbons (Fsp3) is 0.400. The van der Waals surface area contributed by atoms with Crippen molar-refractivity contribution in [1.82, 2.24) is 9.97 Å². The predicted octanol–water partition coefficient (Wildman–Crippen LogP) is 2.63. The van der Waals surface area contributed by atoms with E-state index < -0.39 is 6.17 Å². The van der Waals surface area contributed by atoms with Gasteiger partial charge in [0.05, 0.1) is 0 Å². The summed E-state index contributed by atoms with van der Waals surface area (Å²) in [6, 6.07) is 1.75. The van der Waals surface area contributed by atoms with Crippen molar-refractivity contribution in [2.24, 2.45) is 0 Å². The normalized spacial score (nSPS) is 14.2. The summed E-state index contributed by atoms with van der Waals surface area (Å²) in [6.07, 6.45) is 4.70. The summed E-state index contributed by atoms with van der Waals surface area (Å²) in [4.78, 5) is 8.11. The molecule has 0 fully saturated rings. The van der Waals surface area contributed by atoms with E-state index in [9.17, 15) is 4.39 Å². The van der Waals surface area contributed by atoms with Crippen LogP contribution in [0.4, 0.5) is 4.39 Å². The largest absolute Gasteiger partial charge is 0.247 e. The number of hydrogen-bond donors (Lipinski definition) is 0. The van der Waals surface area contributed by atoms with Crippen LogP contribution in [0, 0.1) is 0 Å². The molecule has 0 aliphatic carbocycles. The molecule has 0 bridgehead atoms. The van der Waals surface area contributed by atoms with Gasteiger partial charge in [-0.2, -0.15) is 0 Å². The standard InChI is InChI=1S/C10H13FN2/c1-3-9(7-8(2)11)10-12-5-4-6-13-10/h3-6,8H,7H2,1-2H3/b9-3+. The van der Waals surface area contributed by atoms with Gasteiger partial charge in [0.25, 0.3) is 0 Å². The number of rotatable bonds is 3. The Morgan fingerprint density at radius 3 is 2.62 bits per heavy atom. The van der Waals surface area contributed by atoms with E-state index in [1.165, 1.54) is 6.92 Å². The molecule has 2 nitrogen and oxygen atoms in total. The SMILES string of the molecule is C/C=C(\CC(C)F)c1ncccn1. The molecule has 1 aromatic rings. The Bertz CT molecular complexity index is 280. The number of allylic oxidation sites excluding steroid dienone is 2. The number of alkyl halides is 1. The summed E-state index contributed by atoms with van der Waals surface area (Å²) < 4.78 is 12.7. The second kappa shape index (κ2) is 4.70. The van der Waals surface area contributed by atoms with Crippen LogP contribution >= 0.6 is 0 Å². The lowest BCUT2D eigenvalue weighted by Gasteiger charge is -2.05. The fourth-order valence-electron chi connectivity index (χ4n) is 1.11. The van der Waals surface area contributed by atoms with Crippen LogP contribution in [0.1, 0.15) is 26.1 Å². The topological polar surface area (TPSA) is 25.8 Å². The molecule has 0 N–H and O–H groups in total. The second-order valence-electron chi connectivity index (χ2n) is 2.87. The Kier molecular flexibility index (Phi) is 3.55. The zero-order chi connectivity index (χ0) is 9.68. The van der Waals surface area contributed by atoms with Crippen LogP contribution in [0.2, 0.25) is 0 Å². The van der Waals surface area contributed by atoms with E-state index in [1.54, 1.807) is 18.5 Å². The van der Waals surface area contributed by atoms with Crippen LogP contribution in [0.5, 0.6) is 0 Å². The molecule has 1 atom stereocenters. The van der Waals surface area contributed by atoms with E-state index >= 15 is 0 Å². The van der Waals surface area contributed by atoms with Gasteiger partial charge in [0.15, 0.2) is 5.82 Å². The minimum atomic E-state index is -0.852. The van der Waals surface area contributed by atoms with Gasteiger partial charge in [-0.1, -0.05) is 6.08 Å². The molecule has 0 aliphatic rings. The highest BCUT2D eigenvalue weighted by atomic mass is 19.1. The van der Waals surface area contributed by atoms with E-state index in [-0.39, 0.29) is 0 Å². The van der Waals surface area contributed by atoms with Gasteiger partial charge in [-0.25, -0.2) is 14.4 Å². The first kappa shape index (κ1) is 9.84. The average Bonchev–Trinajstić information content (AvgIpc) is 2.15. The maximum absolute atomic E-state index is 12.7. The van der Waals surface area contributed by atoms with Crippen molar-refractivity contribution in [3.05, 3.63) is 30.4 Å². The number of aromatic nitrogens is 2. The molecule has 0 aromatic carbocycles. The number of hydrogen-bond acceptors (Lipinski definition) is 2. The fourth-order valence-corrected chi connectivity index (χ4v) is 1.11. The molecule has 0 radical (unpaired) electrons. The molecule has 0 spiro atoms. The Morgan fingerprint density at radius 2 is 2.15 bits per heavy atom. The molecular formula is C10H13FN2. The first-order valence-corrected chi connectivity index (χ1v) is 4.30. The highest BCUT2D eigenvalue weighted by Gasteiger charge is 2.07. The van der Waals surface area contributed by atoms with Gasteiger partial charge in [-0.15, -0.1) is 0 Å². The van der Waals surface area contributed by atoms with E-state index in [1.807, 2.05) is 13.0 Å². The van der Waals surface area contributed by atoms with Gasteiger partial charge >= 0.3 is 0 Å². The molecule has 0 saturated heterocycles. The smallest absolute Gasteiger partial charge is 0.154 e. The van der Waals surface area contributed by atoms with Crippen molar-refractivity contribution in [2.75, 3.05) is 0 Å². The molecule has 0 aliphatic heterocycles. The summed E-state index contributed by atoms with van der Waals surface area (Å²) in [5.74, 6) is 0.620. The Morgan fingerprint density at radius 1 is 1.54 bits per heavy atom. The van der Waals surface area contributed by atoms with Gasteiger partial charge in [0.1, 0.15) is 6.17 Å².